The van der Waals surface area contributed by atoms with Gasteiger partial charge >= 0.3 is 0 Å². The highest BCUT2D eigenvalue weighted by Crippen LogP contribution is 2.39. The Kier molecular flexibility index (Phi) is 4.01. The van der Waals surface area contributed by atoms with Gasteiger partial charge in [-0.1, -0.05) is 30.3 Å². The van der Waals surface area contributed by atoms with E-state index in [1.807, 2.05) is 6.07 Å². The highest BCUT2D eigenvalue weighted by atomic mass is 15.2. The zero-order valence-corrected chi connectivity index (χ0v) is 15.2. The summed E-state index contributed by atoms with van der Waals surface area (Å²) in [5, 5.41) is 10.8. The minimum atomic E-state index is 0.302. The van der Waals surface area contributed by atoms with Gasteiger partial charge in [0.05, 0.1) is 5.69 Å². The first-order chi connectivity index (χ1) is 13.2. The maximum absolute atomic E-state index is 5.99. The van der Waals surface area contributed by atoms with Crippen LogP contribution < -0.4 is 11.1 Å². The molecule has 0 bridgehead atoms. The highest BCUT2D eigenvalue weighted by molar-refractivity contribution is 5.59. The largest absolute Gasteiger partial charge is 0.368 e. The number of H-pyrrole nitrogens is 1. The molecule has 7 nitrogen and oxygen atoms in total. The maximum Gasteiger partial charge on any atom is 0.222 e. The number of rotatable bonds is 5. The van der Waals surface area contributed by atoms with E-state index in [4.69, 9.17) is 5.73 Å². The Bertz CT molecular complexity index is 946. The van der Waals surface area contributed by atoms with Gasteiger partial charge in [0.1, 0.15) is 5.82 Å². The van der Waals surface area contributed by atoms with Crippen LogP contribution in [0.3, 0.4) is 0 Å². The lowest BCUT2D eigenvalue weighted by Crippen LogP contribution is -2.31. The molecule has 1 aliphatic carbocycles. The molecule has 0 saturated heterocycles. The van der Waals surface area contributed by atoms with Gasteiger partial charge in [0, 0.05) is 42.9 Å². The van der Waals surface area contributed by atoms with Gasteiger partial charge in [0.25, 0.3) is 0 Å². The molecule has 1 aromatic carbocycles. The fourth-order valence-electron chi connectivity index (χ4n) is 3.71. The van der Waals surface area contributed by atoms with Crippen LogP contribution in [-0.4, -0.2) is 31.6 Å². The molecule has 2 aliphatic rings. The van der Waals surface area contributed by atoms with Crippen molar-refractivity contribution in [1.82, 2.24) is 25.1 Å². The minimum absolute atomic E-state index is 0.302. The van der Waals surface area contributed by atoms with E-state index < -0.39 is 0 Å². The Morgan fingerprint density at radius 1 is 1.19 bits per heavy atom. The third-order valence-corrected chi connectivity index (χ3v) is 5.27. The second kappa shape index (κ2) is 6.66. The smallest absolute Gasteiger partial charge is 0.222 e. The summed E-state index contributed by atoms with van der Waals surface area (Å²) < 4.78 is 0. The van der Waals surface area contributed by atoms with E-state index in [9.17, 15) is 0 Å². The van der Waals surface area contributed by atoms with Crippen LogP contribution in [0.1, 0.15) is 41.3 Å². The molecule has 138 valence electrons. The van der Waals surface area contributed by atoms with Gasteiger partial charge in [-0.3, -0.25) is 10.00 Å². The molecule has 1 aliphatic heterocycles. The lowest BCUT2D eigenvalue weighted by molar-refractivity contribution is 0.241. The number of nitrogens with zero attached hydrogens (tertiary/aromatic N) is 4. The summed E-state index contributed by atoms with van der Waals surface area (Å²) in [6.45, 7) is 2.66. The van der Waals surface area contributed by atoms with Crippen molar-refractivity contribution in [2.24, 2.45) is 0 Å². The molecule has 7 heteroatoms. The average Bonchev–Trinajstić information content (AvgIpc) is 3.42. The minimum Gasteiger partial charge on any atom is -0.368 e. The van der Waals surface area contributed by atoms with Gasteiger partial charge < -0.3 is 11.1 Å². The molecule has 0 amide bonds. The standard InChI is InChI=1S/C20H23N7/c21-20-22-17-12-27(11-13-4-2-1-3-5-13)9-8-15(17)19(24-20)23-18-10-16(25-26-18)14-6-7-14/h1-5,10,14H,6-9,11-12H2,(H4,21,22,23,24,25,26). The van der Waals surface area contributed by atoms with Crippen LogP contribution in [0.2, 0.25) is 0 Å². The van der Waals surface area contributed by atoms with Crippen molar-refractivity contribution in [2.45, 2.75) is 38.3 Å². The molecule has 0 atom stereocenters. The van der Waals surface area contributed by atoms with Crippen molar-refractivity contribution in [2.75, 3.05) is 17.6 Å². The molecule has 0 spiro atoms. The first-order valence-corrected chi connectivity index (χ1v) is 9.48. The number of benzene rings is 1. The fraction of sp³-hybridized carbons (Fsp3) is 0.350. The quantitative estimate of drug-likeness (QED) is 0.647. The molecule has 27 heavy (non-hydrogen) atoms. The van der Waals surface area contributed by atoms with Gasteiger partial charge in [0.15, 0.2) is 5.82 Å². The van der Waals surface area contributed by atoms with Gasteiger partial charge in [-0.05, 0) is 24.8 Å². The van der Waals surface area contributed by atoms with E-state index >= 15 is 0 Å². The number of aromatic amines is 1. The van der Waals surface area contributed by atoms with Crippen molar-refractivity contribution in [3.8, 4) is 0 Å². The number of nitrogens with two attached hydrogens (primary N) is 1. The first kappa shape index (κ1) is 16.3. The molecular formula is C20H23N7. The second-order valence-corrected chi connectivity index (χ2v) is 7.41. The van der Waals surface area contributed by atoms with Crippen LogP contribution in [0.4, 0.5) is 17.6 Å². The van der Waals surface area contributed by atoms with Crippen LogP contribution in [0.15, 0.2) is 36.4 Å². The third-order valence-electron chi connectivity index (χ3n) is 5.27. The molecule has 3 aromatic rings. The Hall–Kier alpha value is -2.93. The van der Waals surface area contributed by atoms with E-state index in [2.05, 4.69) is 60.7 Å². The van der Waals surface area contributed by atoms with Gasteiger partial charge in [0.2, 0.25) is 5.95 Å². The van der Waals surface area contributed by atoms with Crippen LogP contribution in [0, 0.1) is 0 Å². The summed E-state index contributed by atoms with van der Waals surface area (Å²) in [5.74, 6) is 2.52. The van der Waals surface area contributed by atoms with Crippen molar-refractivity contribution in [3.63, 3.8) is 0 Å². The van der Waals surface area contributed by atoms with Crippen LogP contribution in [0.25, 0.3) is 0 Å². The van der Waals surface area contributed by atoms with E-state index in [1.54, 1.807) is 0 Å². The summed E-state index contributed by atoms with van der Waals surface area (Å²) in [7, 11) is 0. The Labute approximate surface area is 158 Å². The van der Waals surface area contributed by atoms with E-state index in [0.29, 0.717) is 11.9 Å². The molecule has 0 radical (unpaired) electrons. The van der Waals surface area contributed by atoms with Crippen LogP contribution in [-0.2, 0) is 19.5 Å². The SMILES string of the molecule is Nc1nc2c(c(Nc3cc(C4CC4)[nH]n3)n1)CCN(Cc1ccccc1)C2. The maximum atomic E-state index is 5.99. The number of hydrogen-bond acceptors (Lipinski definition) is 6. The predicted molar refractivity (Wildman–Crippen MR) is 105 cm³/mol. The molecule has 5 rings (SSSR count). The summed E-state index contributed by atoms with van der Waals surface area (Å²) in [6.07, 6.45) is 3.38. The summed E-state index contributed by atoms with van der Waals surface area (Å²) in [6, 6.07) is 12.6. The number of nitrogen functional groups attached to an aromatic ring is 1. The van der Waals surface area contributed by atoms with Crippen molar-refractivity contribution in [3.05, 3.63) is 58.9 Å². The number of hydrogen-bond donors (Lipinski definition) is 3. The van der Waals surface area contributed by atoms with Gasteiger partial charge in [-0.25, -0.2) is 4.98 Å². The Morgan fingerprint density at radius 2 is 2.04 bits per heavy atom. The van der Waals surface area contributed by atoms with Crippen molar-refractivity contribution in [1.29, 1.82) is 0 Å². The topological polar surface area (TPSA) is 95.7 Å². The molecule has 1 saturated carbocycles. The monoisotopic (exact) mass is 361 g/mol. The Balaban J connectivity index is 1.35. The average molecular weight is 361 g/mol. The molecule has 1 fully saturated rings. The lowest BCUT2D eigenvalue weighted by atomic mass is 10.0. The van der Waals surface area contributed by atoms with E-state index in [-0.39, 0.29) is 0 Å². The van der Waals surface area contributed by atoms with Crippen molar-refractivity contribution >= 4 is 17.6 Å². The molecule has 3 heterocycles. The number of fused-ring (bicyclic) bond motifs is 1. The molecule has 2 aromatic heterocycles. The lowest BCUT2D eigenvalue weighted by Gasteiger charge is -2.29. The Morgan fingerprint density at radius 3 is 2.85 bits per heavy atom. The van der Waals surface area contributed by atoms with Crippen LogP contribution in [0.5, 0.6) is 0 Å². The summed E-state index contributed by atoms with van der Waals surface area (Å²) in [4.78, 5) is 11.3. The first-order valence-electron chi connectivity index (χ1n) is 9.48. The molecule has 0 unspecified atom stereocenters. The third kappa shape index (κ3) is 3.50. The zero-order valence-electron chi connectivity index (χ0n) is 15.2. The normalized spacial score (nSPS) is 16.9. The number of nitrogens with one attached hydrogen (secondary N) is 2. The zero-order chi connectivity index (χ0) is 18.2. The van der Waals surface area contributed by atoms with Gasteiger partial charge in [-0.2, -0.15) is 10.1 Å². The molecule has 4 N–H and O–H groups in total. The summed E-state index contributed by atoms with van der Waals surface area (Å²) in [5.41, 5.74) is 10.6. The van der Waals surface area contributed by atoms with E-state index in [0.717, 1.165) is 48.9 Å². The van der Waals surface area contributed by atoms with Gasteiger partial charge in [-0.15, -0.1) is 0 Å². The second-order valence-electron chi connectivity index (χ2n) is 7.41. The highest BCUT2D eigenvalue weighted by Gasteiger charge is 2.26. The van der Waals surface area contributed by atoms with Crippen molar-refractivity contribution < 1.29 is 0 Å². The van der Waals surface area contributed by atoms with E-state index in [1.165, 1.54) is 24.1 Å². The number of anilines is 3. The predicted octanol–water partition coefficient (Wildman–Crippen LogP) is 2.96. The number of aromatic nitrogens is 4. The van der Waals surface area contributed by atoms with Crippen LogP contribution >= 0.6 is 0 Å². The summed E-state index contributed by atoms with van der Waals surface area (Å²) >= 11 is 0. The fourth-order valence-corrected chi connectivity index (χ4v) is 3.71. The molecular weight excluding hydrogens is 338 g/mol.